The van der Waals surface area contributed by atoms with Crippen LogP contribution in [0.3, 0.4) is 0 Å². The normalized spacial score (nSPS) is 19.4. The number of rotatable bonds is 6. The topological polar surface area (TPSA) is 105 Å². The molecule has 0 radical (unpaired) electrons. The minimum Gasteiger partial charge on any atom is -0.352 e. The number of nitrogens with zero attached hydrogens (tertiary/aromatic N) is 3. The van der Waals surface area contributed by atoms with Crippen LogP contribution < -0.4 is 5.32 Å². The molecule has 7 nitrogen and oxygen atoms in total. The van der Waals surface area contributed by atoms with Crippen LogP contribution in [0.15, 0.2) is 0 Å². The van der Waals surface area contributed by atoms with Gasteiger partial charge in [-0.05, 0) is 32.3 Å². The molecule has 23 heavy (non-hydrogen) atoms. The smallest absolute Gasteiger partial charge is 0.220 e. The molecular weight excluding hydrogens is 316 g/mol. The van der Waals surface area contributed by atoms with Gasteiger partial charge in [0, 0.05) is 18.2 Å². The predicted octanol–water partition coefficient (Wildman–Crippen LogP) is 0.650. The largest absolute Gasteiger partial charge is 0.352 e. The van der Waals surface area contributed by atoms with E-state index in [1.54, 1.807) is 4.68 Å². The first-order valence-corrected chi connectivity index (χ1v) is 9.54. The molecule has 2 rings (SSSR count). The summed E-state index contributed by atoms with van der Waals surface area (Å²) in [7, 11) is -2.98. The molecule has 1 N–H and O–H groups in total. The maximum absolute atomic E-state index is 12.0. The van der Waals surface area contributed by atoms with E-state index in [2.05, 4.69) is 16.5 Å². The van der Waals surface area contributed by atoms with Gasteiger partial charge in [0.2, 0.25) is 5.91 Å². The summed E-state index contributed by atoms with van der Waals surface area (Å²) in [5, 5.41) is 15.9. The van der Waals surface area contributed by atoms with Gasteiger partial charge in [0.15, 0.2) is 9.84 Å². The first-order valence-electron chi connectivity index (χ1n) is 7.72. The number of nitriles is 1. The maximum atomic E-state index is 12.0. The number of aromatic nitrogens is 2. The van der Waals surface area contributed by atoms with Crippen molar-refractivity contribution in [3.8, 4) is 6.07 Å². The van der Waals surface area contributed by atoms with Gasteiger partial charge < -0.3 is 5.32 Å². The fourth-order valence-corrected chi connectivity index (χ4v) is 4.59. The summed E-state index contributed by atoms with van der Waals surface area (Å²) < 4.78 is 24.6. The van der Waals surface area contributed by atoms with Crippen LogP contribution in [0, 0.1) is 25.2 Å². The Balaban J connectivity index is 1.89. The summed E-state index contributed by atoms with van der Waals surface area (Å²) in [6.07, 6.45) is 1.77. The van der Waals surface area contributed by atoms with Gasteiger partial charge in [0.1, 0.15) is 0 Å². The molecule has 0 aromatic carbocycles. The summed E-state index contributed by atoms with van der Waals surface area (Å²) in [4.78, 5) is 12.0. The molecule has 1 amide bonds. The molecule has 1 atom stereocenters. The Morgan fingerprint density at radius 1 is 1.48 bits per heavy atom. The predicted molar refractivity (Wildman–Crippen MR) is 85.5 cm³/mol. The van der Waals surface area contributed by atoms with Crippen molar-refractivity contribution in [2.75, 3.05) is 11.5 Å². The number of carbonyl (C=O) groups excluding carboxylic acids is 1. The Morgan fingerprint density at radius 3 is 2.83 bits per heavy atom. The lowest BCUT2D eigenvalue weighted by Crippen LogP contribution is -2.35. The van der Waals surface area contributed by atoms with Crippen LogP contribution in [0.2, 0.25) is 0 Å². The van der Waals surface area contributed by atoms with Crippen molar-refractivity contribution < 1.29 is 13.2 Å². The second kappa shape index (κ2) is 7.13. The number of carbonyl (C=O) groups is 1. The van der Waals surface area contributed by atoms with Crippen molar-refractivity contribution in [2.24, 2.45) is 0 Å². The van der Waals surface area contributed by atoms with Crippen molar-refractivity contribution in [1.29, 1.82) is 5.26 Å². The molecule has 126 valence electrons. The minimum absolute atomic E-state index is 0.0445. The fourth-order valence-electron chi connectivity index (χ4n) is 2.92. The summed E-state index contributed by atoms with van der Waals surface area (Å²) in [6, 6.07) is 1.84. The van der Waals surface area contributed by atoms with E-state index in [-0.39, 0.29) is 23.5 Å². The summed E-state index contributed by atoms with van der Waals surface area (Å²) >= 11 is 0. The van der Waals surface area contributed by atoms with Crippen molar-refractivity contribution in [1.82, 2.24) is 15.1 Å². The molecule has 1 unspecified atom stereocenters. The molecule has 1 aromatic heterocycles. The highest BCUT2D eigenvalue weighted by Gasteiger charge is 2.28. The van der Waals surface area contributed by atoms with Gasteiger partial charge in [-0.15, -0.1) is 0 Å². The van der Waals surface area contributed by atoms with Gasteiger partial charge in [0.25, 0.3) is 0 Å². The summed E-state index contributed by atoms with van der Waals surface area (Å²) in [6.45, 7) is 4.39. The van der Waals surface area contributed by atoms with E-state index in [4.69, 9.17) is 5.26 Å². The van der Waals surface area contributed by atoms with Crippen LogP contribution in [0.5, 0.6) is 0 Å². The van der Waals surface area contributed by atoms with Crippen molar-refractivity contribution in [2.45, 2.75) is 52.1 Å². The van der Waals surface area contributed by atoms with E-state index in [1.165, 1.54) is 0 Å². The van der Waals surface area contributed by atoms with Crippen LogP contribution >= 0.6 is 0 Å². The Hall–Kier alpha value is -1.88. The molecule has 0 aliphatic carbocycles. The lowest BCUT2D eigenvalue weighted by atomic mass is 10.1. The summed E-state index contributed by atoms with van der Waals surface area (Å²) in [5.41, 5.74) is 2.88. The Kier molecular flexibility index (Phi) is 5.42. The number of hydrogen-bond donors (Lipinski definition) is 1. The third kappa shape index (κ3) is 4.55. The molecule has 0 bridgehead atoms. The van der Waals surface area contributed by atoms with Gasteiger partial charge >= 0.3 is 0 Å². The van der Waals surface area contributed by atoms with Gasteiger partial charge in [0.05, 0.1) is 36.2 Å². The maximum Gasteiger partial charge on any atom is 0.220 e. The third-order valence-electron chi connectivity index (χ3n) is 4.17. The molecule has 1 aromatic rings. The van der Waals surface area contributed by atoms with E-state index in [0.29, 0.717) is 32.2 Å². The molecule has 8 heteroatoms. The monoisotopic (exact) mass is 338 g/mol. The van der Waals surface area contributed by atoms with E-state index in [0.717, 1.165) is 17.0 Å². The Labute approximate surface area is 136 Å². The highest BCUT2D eigenvalue weighted by Crippen LogP contribution is 2.16. The minimum atomic E-state index is -2.98. The molecule has 0 saturated carbocycles. The van der Waals surface area contributed by atoms with E-state index in [9.17, 15) is 13.2 Å². The van der Waals surface area contributed by atoms with Crippen molar-refractivity contribution >= 4 is 15.7 Å². The lowest BCUT2D eigenvalue weighted by molar-refractivity contribution is -0.121. The Morgan fingerprint density at radius 2 is 2.22 bits per heavy atom. The van der Waals surface area contributed by atoms with E-state index >= 15 is 0 Å². The zero-order chi connectivity index (χ0) is 17.0. The molecule has 1 aliphatic rings. The van der Waals surface area contributed by atoms with Gasteiger partial charge in [-0.1, -0.05) is 0 Å². The highest BCUT2D eigenvalue weighted by molar-refractivity contribution is 7.91. The Bertz CT molecular complexity index is 731. The number of sulfone groups is 1. The van der Waals surface area contributed by atoms with E-state index < -0.39 is 9.84 Å². The van der Waals surface area contributed by atoms with Gasteiger partial charge in [-0.2, -0.15) is 10.4 Å². The molecule has 0 spiro atoms. The van der Waals surface area contributed by atoms with Crippen LogP contribution in [-0.2, 0) is 27.6 Å². The molecule has 1 fully saturated rings. The van der Waals surface area contributed by atoms with Crippen LogP contribution in [0.1, 0.15) is 36.2 Å². The average Bonchev–Trinajstić information content (AvgIpc) is 2.94. The van der Waals surface area contributed by atoms with Crippen molar-refractivity contribution in [3.05, 3.63) is 17.0 Å². The van der Waals surface area contributed by atoms with Crippen LogP contribution in [0.4, 0.5) is 0 Å². The fraction of sp³-hybridized carbons (Fsp3) is 0.667. The highest BCUT2D eigenvalue weighted by atomic mass is 32.2. The first kappa shape index (κ1) is 17.5. The zero-order valence-corrected chi connectivity index (χ0v) is 14.3. The third-order valence-corrected chi connectivity index (χ3v) is 5.93. The van der Waals surface area contributed by atoms with Crippen molar-refractivity contribution in [3.63, 3.8) is 0 Å². The number of aryl methyl sites for hydroxylation is 2. The standard InChI is InChI=1S/C15H22N4O3S/c1-11-14(12(2)19(18-11)8-3-7-16)4-5-15(20)17-13-6-9-23(21,22)10-13/h13H,3-6,8-10H2,1-2H3,(H,17,20). The molecule has 1 saturated heterocycles. The quantitative estimate of drug-likeness (QED) is 0.820. The molecule has 2 heterocycles. The average molecular weight is 338 g/mol. The molecule has 1 aliphatic heterocycles. The SMILES string of the molecule is Cc1nn(CCC#N)c(C)c1CCC(=O)NC1CCS(=O)(=O)C1. The second-order valence-corrected chi connectivity index (χ2v) is 8.18. The van der Waals surface area contributed by atoms with Crippen LogP contribution in [0.25, 0.3) is 0 Å². The zero-order valence-electron chi connectivity index (χ0n) is 13.5. The van der Waals surface area contributed by atoms with E-state index in [1.807, 2.05) is 13.8 Å². The van der Waals surface area contributed by atoms with Crippen LogP contribution in [-0.4, -0.2) is 41.7 Å². The van der Waals surface area contributed by atoms with Gasteiger partial charge in [-0.3, -0.25) is 9.48 Å². The number of nitrogens with one attached hydrogen (secondary N) is 1. The number of amides is 1. The second-order valence-electron chi connectivity index (χ2n) is 5.95. The molecular formula is C15H22N4O3S. The number of hydrogen-bond acceptors (Lipinski definition) is 5. The van der Waals surface area contributed by atoms with Gasteiger partial charge in [-0.25, -0.2) is 8.42 Å². The first-order chi connectivity index (χ1) is 10.8. The lowest BCUT2D eigenvalue weighted by Gasteiger charge is -2.10. The summed E-state index contributed by atoms with van der Waals surface area (Å²) in [5.74, 6) is 0.0701.